The fourth-order valence-corrected chi connectivity index (χ4v) is 1.83. The van der Waals surface area contributed by atoms with E-state index in [1.54, 1.807) is 6.92 Å². The van der Waals surface area contributed by atoms with Gasteiger partial charge >= 0.3 is 6.09 Å². The Labute approximate surface area is 155 Å². The highest BCUT2D eigenvalue weighted by Crippen LogP contribution is 2.38. The lowest BCUT2D eigenvalue weighted by atomic mass is 10.1. The van der Waals surface area contributed by atoms with Crippen LogP contribution in [0.3, 0.4) is 0 Å². The number of hydrogen-bond donors (Lipinski definition) is 2. The second-order valence-electron chi connectivity index (χ2n) is 4.17. The number of methoxy groups -OCH3 is 1. The van der Waals surface area contributed by atoms with Gasteiger partial charge in [0.15, 0.2) is 11.5 Å². The normalized spacial score (nSPS) is 10.2. The van der Waals surface area contributed by atoms with Crippen molar-refractivity contribution >= 4 is 11.8 Å². The van der Waals surface area contributed by atoms with Gasteiger partial charge in [0.05, 0.1) is 30.3 Å². The van der Waals surface area contributed by atoms with Gasteiger partial charge in [-0.25, -0.2) is 10.2 Å². The Morgan fingerprint density at radius 1 is 1.23 bits per heavy atom. The van der Waals surface area contributed by atoms with Gasteiger partial charge in [-0.1, -0.05) is 27.7 Å². The third-order valence-electron chi connectivity index (χ3n) is 2.76. The van der Waals surface area contributed by atoms with Crippen LogP contribution in [0.5, 0.6) is 11.5 Å². The molecule has 1 amide bonds. The predicted molar refractivity (Wildman–Crippen MR) is 101 cm³/mol. The van der Waals surface area contributed by atoms with E-state index in [0.717, 1.165) is 0 Å². The van der Waals surface area contributed by atoms with Crippen LogP contribution in [0.15, 0.2) is 12.1 Å². The molecule has 1 aromatic carbocycles. The van der Waals surface area contributed by atoms with Gasteiger partial charge in [-0.15, -0.1) is 0 Å². The van der Waals surface area contributed by atoms with Crippen molar-refractivity contribution in [2.75, 3.05) is 20.8 Å². The monoisotopic (exact) mass is 373 g/mol. The van der Waals surface area contributed by atoms with E-state index in [-0.39, 0.29) is 17.0 Å². The molecule has 0 heterocycles. The van der Waals surface area contributed by atoms with Crippen molar-refractivity contribution in [3.8, 4) is 11.5 Å². The predicted octanol–water partition coefficient (Wildman–Crippen LogP) is 3.98. The molecule has 0 radical (unpaired) electrons. The van der Waals surface area contributed by atoms with Crippen LogP contribution in [0.25, 0.3) is 0 Å². The molecule has 0 saturated carbocycles. The van der Waals surface area contributed by atoms with Crippen molar-refractivity contribution in [1.82, 2.24) is 10.9 Å². The molecule has 0 aromatic heterocycles. The molecule has 150 valence electrons. The molecule has 0 aliphatic rings. The molecule has 9 nitrogen and oxygen atoms in total. The van der Waals surface area contributed by atoms with Gasteiger partial charge in [0.1, 0.15) is 6.10 Å². The Balaban J connectivity index is 0. The Bertz CT molecular complexity index is 552. The minimum Gasteiger partial charge on any atom is -0.493 e. The molecule has 1 atom stereocenters. The molecule has 0 saturated heterocycles. The lowest BCUT2D eigenvalue weighted by Gasteiger charge is -2.16. The molecule has 2 N–H and O–H groups in total. The molecule has 9 heteroatoms. The molecule has 0 bridgehead atoms. The zero-order valence-electron chi connectivity index (χ0n) is 16.8. The molecular weight excluding hydrogens is 342 g/mol. The highest BCUT2D eigenvalue weighted by atomic mass is 16.6. The van der Waals surface area contributed by atoms with Crippen LogP contribution in [0.4, 0.5) is 10.5 Å². The fraction of sp³-hybridized carbons (Fsp3) is 0.588. The number of nitro groups is 1. The second-order valence-corrected chi connectivity index (χ2v) is 4.17. The number of hydrogen-bond acceptors (Lipinski definition) is 7. The van der Waals surface area contributed by atoms with Crippen molar-refractivity contribution in [3.63, 3.8) is 0 Å². The number of carbonyl (C=O) groups is 1. The van der Waals surface area contributed by atoms with Crippen molar-refractivity contribution in [2.24, 2.45) is 0 Å². The molecule has 1 unspecified atom stereocenters. The maximum atomic E-state index is 11.4. The molecule has 0 aliphatic carbocycles. The van der Waals surface area contributed by atoms with Crippen molar-refractivity contribution < 1.29 is 23.9 Å². The standard InChI is InChI=1S/C13H19N3O6.2C2H6/c1-5-21-12-7-10(16(18)19)9(6-11(12)20-4)8(2)22-13(17)15-14-3;2*1-2/h6-8,14H,5H2,1-4H3,(H,15,17);2*1-2H3. The fourth-order valence-electron chi connectivity index (χ4n) is 1.83. The van der Waals surface area contributed by atoms with Gasteiger partial charge in [-0.3, -0.25) is 15.5 Å². The first-order chi connectivity index (χ1) is 12.4. The summed E-state index contributed by atoms with van der Waals surface area (Å²) in [6.45, 7) is 11.6. The van der Waals surface area contributed by atoms with Crippen LogP contribution in [-0.4, -0.2) is 31.8 Å². The lowest BCUT2D eigenvalue weighted by Crippen LogP contribution is -2.35. The quantitative estimate of drug-likeness (QED) is 0.549. The summed E-state index contributed by atoms with van der Waals surface area (Å²) in [6, 6.07) is 2.69. The number of nitro benzene ring substituents is 1. The first-order valence-electron chi connectivity index (χ1n) is 8.57. The second kappa shape index (κ2) is 14.8. The van der Waals surface area contributed by atoms with E-state index in [4.69, 9.17) is 14.2 Å². The summed E-state index contributed by atoms with van der Waals surface area (Å²) in [5.74, 6) is 0.583. The van der Waals surface area contributed by atoms with Crippen LogP contribution in [-0.2, 0) is 4.74 Å². The van der Waals surface area contributed by atoms with E-state index >= 15 is 0 Å². The van der Waals surface area contributed by atoms with Crippen LogP contribution in [0.1, 0.15) is 53.2 Å². The van der Waals surface area contributed by atoms with Crippen molar-refractivity contribution in [1.29, 1.82) is 0 Å². The number of rotatable bonds is 7. The Hall–Kier alpha value is -2.55. The summed E-state index contributed by atoms with van der Waals surface area (Å²) < 4.78 is 15.5. The van der Waals surface area contributed by atoms with E-state index in [9.17, 15) is 14.9 Å². The average molecular weight is 373 g/mol. The number of nitrogens with zero attached hydrogens (tertiary/aromatic N) is 1. The van der Waals surface area contributed by atoms with Crippen LogP contribution >= 0.6 is 0 Å². The third-order valence-corrected chi connectivity index (χ3v) is 2.76. The Morgan fingerprint density at radius 2 is 1.81 bits per heavy atom. The number of amides is 1. The Kier molecular flexibility index (Phi) is 14.6. The highest BCUT2D eigenvalue weighted by molar-refractivity contribution is 5.67. The van der Waals surface area contributed by atoms with Gasteiger partial charge in [0.25, 0.3) is 5.69 Å². The third kappa shape index (κ3) is 8.02. The highest BCUT2D eigenvalue weighted by Gasteiger charge is 2.25. The molecule has 26 heavy (non-hydrogen) atoms. The molecular formula is C17H31N3O6. The summed E-state index contributed by atoms with van der Waals surface area (Å²) >= 11 is 0. The summed E-state index contributed by atoms with van der Waals surface area (Å²) in [5.41, 5.74) is 4.62. The zero-order valence-corrected chi connectivity index (χ0v) is 16.8. The topological polar surface area (TPSA) is 112 Å². The number of carbonyl (C=O) groups excluding carboxylic acids is 1. The maximum Gasteiger partial charge on any atom is 0.422 e. The van der Waals surface area contributed by atoms with Gasteiger partial charge in [-0.2, -0.15) is 0 Å². The summed E-state index contributed by atoms with van der Waals surface area (Å²) in [4.78, 5) is 22.1. The lowest BCUT2D eigenvalue weighted by molar-refractivity contribution is -0.386. The van der Waals surface area contributed by atoms with E-state index in [1.807, 2.05) is 27.7 Å². The molecule has 1 rings (SSSR count). The largest absolute Gasteiger partial charge is 0.493 e. The van der Waals surface area contributed by atoms with Gasteiger partial charge in [0.2, 0.25) is 0 Å². The van der Waals surface area contributed by atoms with Crippen molar-refractivity contribution in [3.05, 3.63) is 27.8 Å². The van der Waals surface area contributed by atoms with E-state index in [2.05, 4.69) is 10.9 Å². The number of hydrazine groups is 1. The van der Waals surface area contributed by atoms with Gasteiger partial charge in [0, 0.05) is 7.05 Å². The Morgan fingerprint density at radius 3 is 2.23 bits per heavy atom. The van der Waals surface area contributed by atoms with Gasteiger partial charge in [-0.05, 0) is 19.9 Å². The molecule has 0 fully saturated rings. The van der Waals surface area contributed by atoms with Crippen LogP contribution in [0.2, 0.25) is 0 Å². The molecule has 0 aliphatic heterocycles. The van der Waals surface area contributed by atoms with Gasteiger partial charge < -0.3 is 14.2 Å². The first kappa shape index (κ1) is 25.7. The van der Waals surface area contributed by atoms with E-state index in [0.29, 0.717) is 12.4 Å². The summed E-state index contributed by atoms with van der Waals surface area (Å²) in [7, 11) is 2.92. The minimum absolute atomic E-state index is 0.205. The van der Waals surface area contributed by atoms with E-state index in [1.165, 1.54) is 33.2 Å². The number of ether oxygens (including phenoxy) is 3. The number of benzene rings is 1. The smallest absolute Gasteiger partial charge is 0.422 e. The minimum atomic E-state index is -0.849. The zero-order chi connectivity index (χ0) is 20.7. The molecule has 1 aromatic rings. The first-order valence-corrected chi connectivity index (χ1v) is 8.57. The summed E-state index contributed by atoms with van der Waals surface area (Å²) in [5, 5.41) is 11.2. The maximum absolute atomic E-state index is 11.4. The SMILES string of the molecule is CC.CC.CCOc1cc([N+](=O)[O-])c(C(C)OC(=O)NNC)cc1OC. The molecule has 0 spiro atoms. The average Bonchev–Trinajstić information content (AvgIpc) is 2.64. The van der Waals surface area contributed by atoms with Crippen LogP contribution in [0, 0.1) is 10.1 Å². The van der Waals surface area contributed by atoms with Crippen molar-refractivity contribution in [2.45, 2.75) is 47.6 Å². The van der Waals surface area contributed by atoms with E-state index < -0.39 is 17.1 Å². The number of nitrogens with one attached hydrogen (secondary N) is 2. The summed E-state index contributed by atoms with van der Waals surface area (Å²) in [6.07, 6.45) is -1.60. The van der Waals surface area contributed by atoms with Crippen LogP contribution < -0.4 is 20.3 Å².